The van der Waals surface area contributed by atoms with Crippen LogP contribution in [0.3, 0.4) is 0 Å². The van der Waals surface area contributed by atoms with Crippen molar-refractivity contribution in [2.75, 3.05) is 33.9 Å². The second kappa shape index (κ2) is 12.7. The third kappa shape index (κ3) is 7.14. The van der Waals surface area contributed by atoms with Crippen LogP contribution >= 0.6 is 11.3 Å². The molecule has 1 amide bonds. The van der Waals surface area contributed by atoms with E-state index in [0.717, 1.165) is 10.4 Å². The maximum atomic E-state index is 13.5. The van der Waals surface area contributed by atoms with Crippen LogP contribution in [0.4, 0.5) is 0 Å². The first kappa shape index (κ1) is 25.9. The number of carbonyl (C=O) groups is 1. The van der Waals surface area contributed by atoms with Crippen LogP contribution in [0.1, 0.15) is 16.9 Å². The number of amides is 1. The minimum absolute atomic E-state index is 0.117. The van der Waals surface area contributed by atoms with Gasteiger partial charge in [-0.3, -0.25) is 4.79 Å². The number of thiophene rings is 1. The lowest BCUT2D eigenvalue weighted by atomic mass is 10.2. The summed E-state index contributed by atoms with van der Waals surface area (Å²) in [6.45, 7) is 1.13. The summed E-state index contributed by atoms with van der Waals surface area (Å²) in [6, 6.07) is 19.8. The largest absolute Gasteiger partial charge is 0.497 e. The van der Waals surface area contributed by atoms with Gasteiger partial charge in [0.15, 0.2) is 0 Å². The van der Waals surface area contributed by atoms with Crippen LogP contribution in [-0.2, 0) is 32.6 Å². The fourth-order valence-electron chi connectivity index (χ4n) is 3.44. The number of hydrogen-bond acceptors (Lipinski definition) is 6. The van der Waals surface area contributed by atoms with E-state index in [9.17, 15) is 13.2 Å². The first-order chi connectivity index (χ1) is 16.4. The number of methoxy groups -OCH3 is 2. The Morgan fingerprint density at radius 1 is 0.941 bits per heavy atom. The number of sulfonamides is 1. The van der Waals surface area contributed by atoms with E-state index in [4.69, 9.17) is 9.47 Å². The molecule has 0 fully saturated rings. The standard InChI is InChI=1S/C25H30N2O5S2/c1-31-16-7-15-27(34(29,30)24-13-11-22(32-2)12-14-24)20-25(28)26(19-23-10-6-17-33-23)18-21-8-4-3-5-9-21/h3-6,8-14,17H,7,15-16,18-20H2,1-2H3. The Bertz CT molecular complexity index is 1120. The Kier molecular flexibility index (Phi) is 9.64. The van der Waals surface area contributed by atoms with Gasteiger partial charge in [-0.25, -0.2) is 8.42 Å². The van der Waals surface area contributed by atoms with E-state index in [2.05, 4.69) is 0 Å². The molecule has 1 aromatic heterocycles. The first-order valence-corrected chi connectivity index (χ1v) is 13.2. The van der Waals surface area contributed by atoms with Gasteiger partial charge in [-0.05, 0) is 47.7 Å². The smallest absolute Gasteiger partial charge is 0.243 e. The summed E-state index contributed by atoms with van der Waals surface area (Å²) in [5.74, 6) is 0.303. The molecule has 0 unspecified atom stereocenters. The maximum Gasteiger partial charge on any atom is 0.243 e. The highest BCUT2D eigenvalue weighted by Crippen LogP contribution is 2.21. The predicted molar refractivity (Wildman–Crippen MR) is 133 cm³/mol. The summed E-state index contributed by atoms with van der Waals surface area (Å²) in [5, 5.41) is 1.96. The molecule has 0 aliphatic carbocycles. The molecule has 0 bridgehead atoms. The summed E-state index contributed by atoms with van der Waals surface area (Å²) in [7, 11) is -0.805. The average molecular weight is 503 g/mol. The van der Waals surface area contributed by atoms with Gasteiger partial charge in [0.05, 0.1) is 25.1 Å². The maximum absolute atomic E-state index is 13.5. The van der Waals surface area contributed by atoms with Crippen LogP contribution in [0, 0.1) is 0 Å². The third-order valence-corrected chi connectivity index (χ3v) is 7.98. The summed E-state index contributed by atoms with van der Waals surface area (Å²) in [6.07, 6.45) is 0.475. The molecule has 0 radical (unpaired) electrons. The highest BCUT2D eigenvalue weighted by Gasteiger charge is 2.28. The van der Waals surface area contributed by atoms with Crippen LogP contribution in [0.5, 0.6) is 5.75 Å². The van der Waals surface area contributed by atoms with Gasteiger partial charge in [-0.1, -0.05) is 36.4 Å². The van der Waals surface area contributed by atoms with Gasteiger partial charge in [0, 0.05) is 31.7 Å². The van der Waals surface area contributed by atoms with Crippen molar-refractivity contribution >= 4 is 27.3 Å². The molecule has 1 heterocycles. The topological polar surface area (TPSA) is 76.2 Å². The van der Waals surface area contributed by atoms with Crippen LogP contribution in [-0.4, -0.2) is 57.4 Å². The minimum atomic E-state index is -3.89. The molecule has 0 atom stereocenters. The lowest BCUT2D eigenvalue weighted by Crippen LogP contribution is -2.43. The first-order valence-electron chi connectivity index (χ1n) is 10.9. The molecule has 0 aliphatic heterocycles. The number of nitrogens with zero attached hydrogens (tertiary/aromatic N) is 2. The zero-order chi connectivity index (χ0) is 24.4. The van der Waals surface area contributed by atoms with E-state index in [1.807, 2.05) is 47.8 Å². The molecular weight excluding hydrogens is 472 g/mol. The van der Waals surface area contributed by atoms with E-state index >= 15 is 0 Å². The van der Waals surface area contributed by atoms with E-state index < -0.39 is 10.0 Å². The lowest BCUT2D eigenvalue weighted by molar-refractivity contribution is -0.132. The summed E-state index contributed by atoms with van der Waals surface area (Å²) in [4.78, 5) is 16.3. The normalized spacial score (nSPS) is 11.5. The lowest BCUT2D eigenvalue weighted by Gasteiger charge is -2.27. The molecule has 2 aromatic carbocycles. The van der Waals surface area contributed by atoms with Crippen molar-refractivity contribution in [3.63, 3.8) is 0 Å². The van der Waals surface area contributed by atoms with Crippen molar-refractivity contribution in [2.24, 2.45) is 0 Å². The van der Waals surface area contributed by atoms with Gasteiger partial charge in [0.2, 0.25) is 15.9 Å². The second-order valence-corrected chi connectivity index (χ2v) is 10.6. The van der Waals surface area contributed by atoms with Crippen LogP contribution < -0.4 is 4.74 Å². The molecule has 0 N–H and O–H groups in total. The zero-order valence-corrected chi connectivity index (χ0v) is 21.1. The molecule has 0 saturated carbocycles. The molecular formula is C25H30N2O5S2. The highest BCUT2D eigenvalue weighted by atomic mass is 32.2. The van der Waals surface area contributed by atoms with Gasteiger partial charge in [0.1, 0.15) is 5.75 Å². The van der Waals surface area contributed by atoms with Gasteiger partial charge in [0.25, 0.3) is 0 Å². The van der Waals surface area contributed by atoms with E-state index in [1.165, 1.54) is 23.5 Å². The summed E-state index contributed by atoms with van der Waals surface area (Å²) in [5.41, 5.74) is 0.983. The van der Waals surface area contributed by atoms with E-state index in [-0.39, 0.29) is 23.9 Å². The van der Waals surface area contributed by atoms with Gasteiger partial charge < -0.3 is 14.4 Å². The number of carbonyl (C=O) groups excluding carboxylic acids is 1. The Morgan fingerprint density at radius 3 is 2.29 bits per heavy atom. The fraction of sp³-hybridized carbons (Fsp3) is 0.320. The zero-order valence-electron chi connectivity index (χ0n) is 19.4. The number of benzene rings is 2. The molecule has 182 valence electrons. The van der Waals surface area contributed by atoms with E-state index in [0.29, 0.717) is 31.9 Å². The van der Waals surface area contributed by atoms with Crippen molar-refractivity contribution in [2.45, 2.75) is 24.4 Å². The van der Waals surface area contributed by atoms with E-state index in [1.54, 1.807) is 35.5 Å². The molecule has 7 nitrogen and oxygen atoms in total. The van der Waals surface area contributed by atoms with Crippen molar-refractivity contribution < 1.29 is 22.7 Å². The quantitative estimate of drug-likeness (QED) is 0.330. The number of ether oxygens (including phenoxy) is 2. The Balaban J connectivity index is 1.84. The molecule has 34 heavy (non-hydrogen) atoms. The molecule has 3 rings (SSSR count). The molecule has 0 saturated heterocycles. The van der Waals surface area contributed by atoms with Gasteiger partial charge in [-0.15, -0.1) is 11.3 Å². The second-order valence-electron chi connectivity index (χ2n) is 7.68. The molecule has 0 spiro atoms. The Morgan fingerprint density at radius 2 is 1.68 bits per heavy atom. The van der Waals surface area contributed by atoms with Gasteiger partial charge in [-0.2, -0.15) is 4.31 Å². The van der Waals surface area contributed by atoms with Crippen molar-refractivity contribution in [3.05, 3.63) is 82.6 Å². The third-order valence-electron chi connectivity index (χ3n) is 5.26. The van der Waals surface area contributed by atoms with Crippen molar-refractivity contribution in [3.8, 4) is 5.75 Å². The van der Waals surface area contributed by atoms with Gasteiger partial charge >= 0.3 is 0 Å². The predicted octanol–water partition coefficient (Wildman–Crippen LogP) is 4.01. The number of rotatable bonds is 13. The average Bonchev–Trinajstić information content (AvgIpc) is 3.37. The van der Waals surface area contributed by atoms with Crippen molar-refractivity contribution in [1.82, 2.24) is 9.21 Å². The van der Waals surface area contributed by atoms with Crippen LogP contribution in [0.15, 0.2) is 77.0 Å². The number of hydrogen-bond donors (Lipinski definition) is 0. The minimum Gasteiger partial charge on any atom is -0.497 e. The summed E-state index contributed by atoms with van der Waals surface area (Å²) >= 11 is 1.57. The highest BCUT2D eigenvalue weighted by molar-refractivity contribution is 7.89. The fourth-order valence-corrected chi connectivity index (χ4v) is 5.59. The van der Waals surface area contributed by atoms with Crippen molar-refractivity contribution in [1.29, 1.82) is 0 Å². The summed E-state index contributed by atoms with van der Waals surface area (Å²) < 4.78 is 38.4. The van der Waals surface area contributed by atoms with Crippen LogP contribution in [0.2, 0.25) is 0 Å². The molecule has 9 heteroatoms. The Labute approximate surface area is 205 Å². The monoisotopic (exact) mass is 502 g/mol. The van der Waals surface area contributed by atoms with Crippen LogP contribution in [0.25, 0.3) is 0 Å². The SMILES string of the molecule is COCCCN(CC(=O)N(Cc1ccccc1)Cc1cccs1)S(=O)(=O)c1ccc(OC)cc1. The molecule has 0 aliphatic rings. The Hall–Kier alpha value is -2.72. The molecule has 3 aromatic rings.